The van der Waals surface area contributed by atoms with E-state index < -0.39 is 21.8 Å². The van der Waals surface area contributed by atoms with E-state index in [2.05, 4.69) is 31.4 Å². The molecule has 1 atom stereocenters. The number of nitrogens with one attached hydrogen (secondary N) is 1. The van der Waals surface area contributed by atoms with E-state index in [1.807, 2.05) is 13.0 Å². The topological polar surface area (TPSA) is 115 Å². The van der Waals surface area contributed by atoms with Gasteiger partial charge in [-0.1, -0.05) is 12.1 Å². The number of aromatic nitrogens is 2. The van der Waals surface area contributed by atoms with Crippen LogP contribution in [-0.4, -0.2) is 50.0 Å². The molecule has 4 rings (SSSR count). The zero-order valence-corrected chi connectivity index (χ0v) is 21.3. The minimum Gasteiger partial charge on any atom is -0.465 e. The summed E-state index contributed by atoms with van der Waals surface area (Å²) < 4.78 is 52.4. The molecule has 1 aliphatic rings. The van der Waals surface area contributed by atoms with Crippen LogP contribution in [0.2, 0.25) is 0 Å². The van der Waals surface area contributed by atoms with Crippen LogP contribution in [0.15, 0.2) is 40.9 Å². The second kappa shape index (κ2) is 10.7. The zero-order valence-electron chi connectivity index (χ0n) is 20.5. The van der Waals surface area contributed by atoms with Gasteiger partial charge in [-0.15, -0.1) is 0 Å². The van der Waals surface area contributed by atoms with Gasteiger partial charge in [-0.2, -0.15) is 4.98 Å². The molecule has 0 aliphatic carbocycles. The van der Waals surface area contributed by atoms with Crippen LogP contribution in [0.3, 0.4) is 0 Å². The van der Waals surface area contributed by atoms with Gasteiger partial charge in [-0.25, -0.2) is 17.6 Å². The number of nitrogens with zero attached hydrogens (tertiary/aromatic N) is 3. The molecular weight excluding hydrogens is 487 g/mol. The van der Waals surface area contributed by atoms with E-state index in [0.29, 0.717) is 23.2 Å². The van der Waals surface area contributed by atoms with Crippen LogP contribution in [0.5, 0.6) is 0 Å². The minimum atomic E-state index is -3.54. The highest BCUT2D eigenvalue weighted by Gasteiger charge is 2.24. The third kappa shape index (κ3) is 5.51. The summed E-state index contributed by atoms with van der Waals surface area (Å²) in [6.07, 6.45) is 3.69. The number of hydrogen-bond acceptors (Lipinski definition) is 8. The summed E-state index contributed by atoms with van der Waals surface area (Å²) in [6, 6.07) is 9.53. The predicted molar refractivity (Wildman–Crippen MR) is 135 cm³/mol. The summed E-state index contributed by atoms with van der Waals surface area (Å²) in [7, 11) is -2.37. The van der Waals surface area contributed by atoms with Crippen molar-refractivity contribution in [2.45, 2.75) is 45.6 Å². The van der Waals surface area contributed by atoms with E-state index >= 15 is 0 Å². The summed E-state index contributed by atoms with van der Waals surface area (Å²) in [5.41, 5.74) is 1.88. The summed E-state index contributed by atoms with van der Waals surface area (Å²) >= 11 is 0. The molecule has 11 heteroatoms. The molecule has 2 aromatic carbocycles. The van der Waals surface area contributed by atoms with E-state index in [9.17, 15) is 17.6 Å². The molecule has 0 radical (unpaired) electrons. The molecule has 36 heavy (non-hydrogen) atoms. The summed E-state index contributed by atoms with van der Waals surface area (Å²) in [4.78, 5) is 18.2. The number of ether oxygens (including phenoxy) is 1. The summed E-state index contributed by atoms with van der Waals surface area (Å²) in [5, 5.41) is 3.94. The molecule has 1 N–H and O–H groups in total. The first-order chi connectivity index (χ1) is 17.2. The maximum atomic E-state index is 14.4. The van der Waals surface area contributed by atoms with Crippen LogP contribution < -0.4 is 9.62 Å². The Hall–Kier alpha value is -3.47. The van der Waals surface area contributed by atoms with E-state index in [1.54, 1.807) is 12.1 Å². The van der Waals surface area contributed by atoms with Crippen LogP contribution in [-0.2, 0) is 14.8 Å². The molecule has 1 aliphatic heterocycles. The molecule has 0 spiro atoms. The van der Waals surface area contributed by atoms with Crippen molar-refractivity contribution < 1.29 is 26.9 Å². The minimum absolute atomic E-state index is 0.00403. The SMILES string of the molecule is CCCS(=O)(=O)Nc1cc(-c2nc(-c3ccc(C(=O)OC)c(F)c3)no2)ccc1N1CCCCC1C. The van der Waals surface area contributed by atoms with E-state index in [-0.39, 0.29) is 29.1 Å². The summed E-state index contributed by atoms with van der Waals surface area (Å²) in [5.74, 6) is -1.27. The standard InChI is InChI=1S/C25H29FN4O5S/c1-4-13-36(32,33)29-21-15-18(9-11-22(21)30-12-6-5-7-16(30)2)24-27-23(28-35-24)17-8-10-19(20(26)14-17)25(31)34-3/h8-11,14-16,29H,4-7,12-13H2,1-3H3. The highest BCUT2D eigenvalue weighted by molar-refractivity contribution is 7.92. The molecule has 9 nitrogen and oxygen atoms in total. The highest BCUT2D eigenvalue weighted by Crippen LogP contribution is 2.36. The van der Waals surface area contributed by atoms with E-state index in [1.165, 1.54) is 19.2 Å². The van der Waals surface area contributed by atoms with Crippen molar-refractivity contribution in [1.29, 1.82) is 0 Å². The number of anilines is 2. The first-order valence-electron chi connectivity index (χ1n) is 11.9. The smallest absolute Gasteiger partial charge is 0.340 e. The van der Waals surface area contributed by atoms with Gasteiger partial charge < -0.3 is 14.2 Å². The van der Waals surface area contributed by atoms with Crippen molar-refractivity contribution in [2.75, 3.05) is 29.0 Å². The van der Waals surface area contributed by atoms with Crippen molar-refractivity contribution >= 4 is 27.4 Å². The van der Waals surface area contributed by atoms with Crippen molar-refractivity contribution in [2.24, 2.45) is 0 Å². The second-order valence-electron chi connectivity index (χ2n) is 8.80. The number of halogens is 1. The molecule has 1 aromatic heterocycles. The third-order valence-corrected chi connectivity index (χ3v) is 7.63. The number of benzene rings is 2. The van der Waals surface area contributed by atoms with E-state index in [4.69, 9.17) is 4.52 Å². The Morgan fingerprint density at radius 1 is 1.22 bits per heavy atom. The van der Waals surface area contributed by atoms with Gasteiger partial charge >= 0.3 is 5.97 Å². The van der Waals surface area contributed by atoms with E-state index in [0.717, 1.165) is 37.6 Å². The molecular formula is C25H29FN4O5S. The first kappa shape index (κ1) is 25.6. The first-order valence-corrected chi connectivity index (χ1v) is 13.5. The van der Waals surface area contributed by atoms with Gasteiger partial charge in [-0.05, 0) is 69.0 Å². The van der Waals surface area contributed by atoms with Crippen molar-refractivity contribution in [3.63, 3.8) is 0 Å². The Morgan fingerprint density at radius 3 is 2.69 bits per heavy atom. The van der Waals surface area contributed by atoms with Crippen LogP contribution in [0.25, 0.3) is 22.8 Å². The number of hydrogen-bond donors (Lipinski definition) is 1. The van der Waals surface area contributed by atoms with Gasteiger partial charge in [-0.3, -0.25) is 4.72 Å². The number of carbonyl (C=O) groups is 1. The fraction of sp³-hybridized carbons (Fsp3) is 0.400. The van der Waals surface area contributed by atoms with Crippen molar-refractivity contribution in [1.82, 2.24) is 10.1 Å². The zero-order chi connectivity index (χ0) is 25.9. The van der Waals surface area contributed by atoms with Crippen molar-refractivity contribution in [3.8, 4) is 22.8 Å². The molecule has 2 heterocycles. The molecule has 0 amide bonds. The number of carbonyl (C=O) groups excluding carboxylic acids is 1. The lowest BCUT2D eigenvalue weighted by molar-refractivity contribution is 0.0595. The predicted octanol–water partition coefficient (Wildman–Crippen LogP) is 4.86. The molecule has 3 aromatic rings. The molecule has 192 valence electrons. The summed E-state index contributed by atoms with van der Waals surface area (Å²) in [6.45, 7) is 4.77. The Bertz CT molecular complexity index is 1360. The van der Waals surface area contributed by atoms with Gasteiger partial charge in [0, 0.05) is 23.7 Å². The second-order valence-corrected chi connectivity index (χ2v) is 10.6. The molecule has 1 unspecified atom stereocenters. The largest absolute Gasteiger partial charge is 0.465 e. The van der Waals surface area contributed by atoms with Gasteiger partial charge in [0.1, 0.15) is 5.82 Å². The Kier molecular flexibility index (Phi) is 7.58. The van der Waals surface area contributed by atoms with Gasteiger partial charge in [0.2, 0.25) is 15.8 Å². The maximum Gasteiger partial charge on any atom is 0.340 e. The van der Waals surface area contributed by atoms with Gasteiger partial charge in [0.25, 0.3) is 5.89 Å². The number of sulfonamides is 1. The number of esters is 1. The average molecular weight is 517 g/mol. The average Bonchev–Trinajstić information content (AvgIpc) is 3.34. The Labute approximate surface area is 209 Å². The lowest BCUT2D eigenvalue weighted by Crippen LogP contribution is -2.38. The van der Waals surface area contributed by atoms with Crippen molar-refractivity contribution in [3.05, 3.63) is 47.8 Å². The van der Waals surface area contributed by atoms with Gasteiger partial charge in [0.05, 0.1) is 29.8 Å². The fourth-order valence-electron chi connectivity index (χ4n) is 4.33. The van der Waals surface area contributed by atoms with Gasteiger partial charge in [0.15, 0.2) is 0 Å². The van der Waals surface area contributed by atoms with Crippen LogP contribution in [0, 0.1) is 5.82 Å². The normalized spacial score (nSPS) is 16.1. The van der Waals surface area contributed by atoms with Crippen LogP contribution in [0.4, 0.5) is 15.8 Å². The number of methoxy groups -OCH3 is 1. The monoisotopic (exact) mass is 516 g/mol. The van der Waals surface area contributed by atoms with Crippen LogP contribution in [0.1, 0.15) is 49.9 Å². The Morgan fingerprint density at radius 2 is 2.00 bits per heavy atom. The fourth-order valence-corrected chi connectivity index (χ4v) is 5.47. The molecule has 1 saturated heterocycles. The lowest BCUT2D eigenvalue weighted by Gasteiger charge is -2.36. The number of piperidine rings is 1. The molecule has 0 saturated carbocycles. The lowest BCUT2D eigenvalue weighted by atomic mass is 10.0. The third-order valence-electron chi connectivity index (χ3n) is 6.15. The van der Waals surface area contributed by atoms with Crippen LogP contribution >= 0.6 is 0 Å². The molecule has 1 fully saturated rings. The number of rotatable bonds is 8. The Balaban J connectivity index is 1.69. The highest BCUT2D eigenvalue weighted by atomic mass is 32.2. The quantitative estimate of drug-likeness (QED) is 0.422. The molecule has 0 bridgehead atoms. The maximum absolute atomic E-state index is 14.4.